The minimum absolute atomic E-state index is 0.196. The Bertz CT molecular complexity index is 673. The molecule has 5 nitrogen and oxygen atoms in total. The number of benzene rings is 1. The van der Waals surface area contributed by atoms with Gasteiger partial charge in [0, 0.05) is 23.0 Å². The van der Waals surface area contributed by atoms with Gasteiger partial charge in [0.15, 0.2) is 0 Å². The molecule has 0 spiro atoms. The third-order valence-corrected chi connectivity index (χ3v) is 3.88. The molecule has 2 aromatic rings. The maximum atomic E-state index is 9.22. The molecule has 0 saturated carbocycles. The Labute approximate surface area is 133 Å². The summed E-state index contributed by atoms with van der Waals surface area (Å²) in [5, 5.41) is 18.1. The highest BCUT2D eigenvalue weighted by atomic mass is 127. The molecule has 0 bridgehead atoms. The molecule has 7 heteroatoms. The number of hydrogen-bond donors (Lipinski definition) is 2. The second kappa shape index (κ2) is 6.90. The van der Waals surface area contributed by atoms with Crippen molar-refractivity contribution in [2.45, 2.75) is 11.5 Å². The molecule has 102 valence electrons. The van der Waals surface area contributed by atoms with E-state index in [4.69, 9.17) is 14.6 Å². The molecule has 0 fully saturated rings. The third kappa shape index (κ3) is 3.40. The van der Waals surface area contributed by atoms with Gasteiger partial charge in [-0.05, 0) is 52.4 Å². The molecule has 0 radical (unpaired) electrons. The first-order chi connectivity index (χ1) is 9.67. The number of nitrogens with zero attached hydrogens (tertiary/aromatic N) is 2. The van der Waals surface area contributed by atoms with E-state index in [0.29, 0.717) is 43.4 Å². The van der Waals surface area contributed by atoms with Crippen molar-refractivity contribution in [3.63, 3.8) is 0 Å². The van der Waals surface area contributed by atoms with Crippen LogP contribution in [0.15, 0.2) is 35.2 Å². The molecule has 2 rings (SSSR count). The smallest absolute Gasteiger partial charge is 0.220 e. The minimum atomic E-state index is -0.196. The first kappa shape index (κ1) is 15.1. The van der Waals surface area contributed by atoms with Crippen LogP contribution >= 0.6 is 34.6 Å². The van der Waals surface area contributed by atoms with Crippen LogP contribution in [0.2, 0.25) is 0 Å². The van der Waals surface area contributed by atoms with Gasteiger partial charge in [0.05, 0.1) is 12.2 Å². The van der Waals surface area contributed by atoms with Crippen molar-refractivity contribution in [3.8, 4) is 17.7 Å². The number of pyridine rings is 1. The SMILES string of the molecule is N#Cc1ccc(Oc2ccc(SO)c(CO)c2)nc1I. The zero-order chi connectivity index (χ0) is 14.5. The fourth-order valence-corrected chi connectivity index (χ4v) is 2.42. The van der Waals surface area contributed by atoms with Crippen molar-refractivity contribution in [2.24, 2.45) is 0 Å². The van der Waals surface area contributed by atoms with Gasteiger partial charge >= 0.3 is 0 Å². The Kier molecular flexibility index (Phi) is 5.19. The van der Waals surface area contributed by atoms with Gasteiger partial charge in [-0.15, -0.1) is 0 Å². The largest absolute Gasteiger partial charge is 0.439 e. The van der Waals surface area contributed by atoms with Crippen LogP contribution < -0.4 is 4.74 Å². The number of hydrogen-bond acceptors (Lipinski definition) is 6. The van der Waals surface area contributed by atoms with E-state index in [9.17, 15) is 5.11 Å². The Morgan fingerprint density at radius 2 is 2.15 bits per heavy atom. The molecule has 1 heterocycles. The highest BCUT2D eigenvalue weighted by Gasteiger charge is 2.07. The molecule has 1 aromatic heterocycles. The molecule has 1 aromatic carbocycles. The summed E-state index contributed by atoms with van der Waals surface area (Å²) in [6, 6.07) is 10.2. The van der Waals surface area contributed by atoms with Gasteiger partial charge in [-0.2, -0.15) is 5.26 Å². The molecule has 0 amide bonds. The maximum Gasteiger partial charge on any atom is 0.220 e. The topological polar surface area (TPSA) is 86.4 Å². The van der Waals surface area contributed by atoms with Gasteiger partial charge in [0.25, 0.3) is 0 Å². The van der Waals surface area contributed by atoms with E-state index in [-0.39, 0.29) is 6.61 Å². The normalized spacial score (nSPS) is 10.1. The van der Waals surface area contributed by atoms with Crippen molar-refractivity contribution < 1.29 is 14.4 Å². The van der Waals surface area contributed by atoms with E-state index >= 15 is 0 Å². The Hall–Kier alpha value is -1.34. The Morgan fingerprint density at radius 1 is 1.35 bits per heavy atom. The van der Waals surface area contributed by atoms with Crippen molar-refractivity contribution >= 4 is 34.6 Å². The lowest BCUT2D eigenvalue weighted by Crippen LogP contribution is -1.94. The van der Waals surface area contributed by atoms with E-state index in [0.717, 1.165) is 0 Å². The standard InChI is InChI=1S/C13H9IN2O3S/c14-13-8(6-15)1-4-12(16-13)19-10-2-3-11(20-18)9(5-10)7-17/h1-5,17-18H,7H2. The average molecular weight is 400 g/mol. The monoisotopic (exact) mass is 400 g/mol. The summed E-state index contributed by atoms with van der Waals surface area (Å²) in [6.45, 7) is -0.196. The fourth-order valence-electron chi connectivity index (χ4n) is 1.51. The number of rotatable bonds is 4. The maximum absolute atomic E-state index is 9.22. The van der Waals surface area contributed by atoms with Gasteiger partial charge in [-0.1, -0.05) is 0 Å². The van der Waals surface area contributed by atoms with E-state index < -0.39 is 0 Å². The number of nitriles is 1. The molecule has 2 N–H and O–H groups in total. The Balaban J connectivity index is 2.26. The first-order valence-corrected chi connectivity index (χ1v) is 7.33. The summed E-state index contributed by atoms with van der Waals surface area (Å²) in [5.74, 6) is 0.863. The summed E-state index contributed by atoms with van der Waals surface area (Å²) >= 11 is 2.54. The predicted octanol–water partition coefficient (Wildman–Crippen LogP) is 3.41. The summed E-state index contributed by atoms with van der Waals surface area (Å²) in [5.41, 5.74) is 1.05. The molecular weight excluding hydrogens is 391 g/mol. The van der Waals surface area contributed by atoms with E-state index in [1.165, 1.54) is 0 Å². The highest BCUT2D eigenvalue weighted by Crippen LogP contribution is 2.28. The van der Waals surface area contributed by atoms with Gasteiger partial charge < -0.3 is 14.4 Å². The number of ether oxygens (including phenoxy) is 1. The molecule has 20 heavy (non-hydrogen) atoms. The summed E-state index contributed by atoms with van der Waals surface area (Å²) in [4.78, 5) is 4.73. The van der Waals surface area contributed by atoms with Crippen LogP contribution in [0.1, 0.15) is 11.1 Å². The average Bonchev–Trinajstić information content (AvgIpc) is 2.47. The van der Waals surface area contributed by atoms with Gasteiger partial charge in [-0.3, -0.25) is 0 Å². The molecule has 0 aliphatic rings. The van der Waals surface area contributed by atoms with Crippen LogP contribution in [0.4, 0.5) is 0 Å². The highest BCUT2D eigenvalue weighted by molar-refractivity contribution is 14.1. The van der Waals surface area contributed by atoms with Crippen molar-refractivity contribution in [2.75, 3.05) is 0 Å². The van der Waals surface area contributed by atoms with Crippen molar-refractivity contribution in [1.82, 2.24) is 4.98 Å². The van der Waals surface area contributed by atoms with Crippen molar-refractivity contribution in [3.05, 3.63) is 45.2 Å². The second-order valence-electron chi connectivity index (χ2n) is 3.72. The molecule has 0 saturated heterocycles. The molecule has 0 aliphatic carbocycles. The number of aliphatic hydroxyl groups excluding tert-OH is 1. The molecule has 0 aliphatic heterocycles. The summed E-state index contributed by atoms with van der Waals surface area (Å²) < 4.78 is 15.2. The lowest BCUT2D eigenvalue weighted by molar-refractivity contribution is 0.278. The predicted molar refractivity (Wildman–Crippen MR) is 82.6 cm³/mol. The quantitative estimate of drug-likeness (QED) is 0.465. The lowest BCUT2D eigenvalue weighted by Gasteiger charge is -2.09. The van der Waals surface area contributed by atoms with E-state index in [1.807, 2.05) is 28.7 Å². The fraction of sp³-hybridized carbons (Fsp3) is 0.0769. The van der Waals surface area contributed by atoms with Crippen LogP contribution in [-0.2, 0) is 6.61 Å². The van der Waals surface area contributed by atoms with E-state index in [1.54, 1.807) is 30.3 Å². The van der Waals surface area contributed by atoms with E-state index in [2.05, 4.69) is 4.98 Å². The summed E-state index contributed by atoms with van der Waals surface area (Å²) in [6.07, 6.45) is 0. The van der Waals surface area contributed by atoms with Crippen LogP contribution in [0.25, 0.3) is 0 Å². The summed E-state index contributed by atoms with van der Waals surface area (Å²) in [7, 11) is 0. The molecule has 0 atom stereocenters. The van der Waals surface area contributed by atoms with Crippen LogP contribution in [0.3, 0.4) is 0 Å². The van der Waals surface area contributed by atoms with Crippen molar-refractivity contribution in [1.29, 1.82) is 5.26 Å². The van der Waals surface area contributed by atoms with Crippen LogP contribution in [0, 0.1) is 15.0 Å². The molecular formula is C13H9IN2O3S. The van der Waals surface area contributed by atoms with Crippen LogP contribution in [-0.4, -0.2) is 14.6 Å². The van der Waals surface area contributed by atoms with Gasteiger partial charge in [0.1, 0.15) is 15.5 Å². The van der Waals surface area contributed by atoms with Crippen LogP contribution in [0.5, 0.6) is 11.6 Å². The van der Waals surface area contributed by atoms with Gasteiger partial charge in [0.2, 0.25) is 5.88 Å². The number of aliphatic hydroxyl groups is 1. The second-order valence-corrected chi connectivity index (χ2v) is 5.36. The number of halogens is 1. The molecule has 0 unspecified atom stereocenters. The zero-order valence-electron chi connectivity index (χ0n) is 10.1. The van der Waals surface area contributed by atoms with Gasteiger partial charge in [-0.25, -0.2) is 4.98 Å². The number of aromatic nitrogens is 1. The lowest BCUT2D eigenvalue weighted by atomic mass is 10.2. The first-order valence-electron chi connectivity index (χ1n) is 5.47. The zero-order valence-corrected chi connectivity index (χ0v) is 13.1. The minimum Gasteiger partial charge on any atom is -0.439 e. The third-order valence-electron chi connectivity index (χ3n) is 2.47. The Morgan fingerprint density at radius 3 is 2.75 bits per heavy atom.